The van der Waals surface area contributed by atoms with Crippen molar-refractivity contribution in [3.05, 3.63) is 53.8 Å². The largest absolute Gasteiger partial charge is 0.425 e. The quantitative estimate of drug-likeness (QED) is 0.619. The minimum atomic E-state index is -1.65. The zero-order valence-corrected chi connectivity index (χ0v) is 13.7. The van der Waals surface area contributed by atoms with Crippen LogP contribution in [0.3, 0.4) is 0 Å². The van der Waals surface area contributed by atoms with Gasteiger partial charge >= 0.3 is 5.97 Å². The van der Waals surface area contributed by atoms with Crippen molar-refractivity contribution in [1.82, 2.24) is 0 Å². The van der Waals surface area contributed by atoms with Crippen LogP contribution in [0.4, 0.5) is 5.69 Å². The highest BCUT2D eigenvalue weighted by molar-refractivity contribution is 6.58. The predicted molar refractivity (Wildman–Crippen MR) is 86.7 cm³/mol. The second-order valence-electron chi connectivity index (χ2n) is 5.19. The van der Waals surface area contributed by atoms with Crippen LogP contribution in [0, 0.1) is 0 Å². The molecule has 0 aliphatic carbocycles. The van der Waals surface area contributed by atoms with Crippen molar-refractivity contribution in [1.29, 1.82) is 0 Å². The number of benzene rings is 1. The van der Waals surface area contributed by atoms with E-state index in [0.717, 1.165) is 11.3 Å². The molecule has 0 radical (unpaired) electrons. The zero-order chi connectivity index (χ0) is 15.6. The smallest absolute Gasteiger partial charge is 0.350 e. The Morgan fingerprint density at radius 2 is 1.90 bits per heavy atom. The molecule has 2 rings (SSSR count). The van der Waals surface area contributed by atoms with Crippen LogP contribution in [0.2, 0.25) is 0 Å². The summed E-state index contributed by atoms with van der Waals surface area (Å²) >= 11 is 12.4. The Morgan fingerprint density at radius 3 is 2.48 bits per heavy atom. The second kappa shape index (κ2) is 6.12. The Kier molecular flexibility index (Phi) is 4.64. The Balaban J connectivity index is 2.42. The van der Waals surface area contributed by atoms with Crippen molar-refractivity contribution >= 4 is 34.9 Å². The lowest BCUT2D eigenvalue weighted by atomic mass is 10.1. The predicted octanol–water partition coefficient (Wildman–Crippen LogP) is 4.07. The standard InChI is InChI=1S/C16H17Cl2NO2/c1-11(2)9-13-10-14(16(17,18)15(20)21-13)19(3)12-7-5-4-6-8-12/h4-10,14H,1-3H3. The molecular weight excluding hydrogens is 309 g/mol. The summed E-state index contributed by atoms with van der Waals surface area (Å²) in [6.07, 6.45) is 3.55. The van der Waals surface area contributed by atoms with Gasteiger partial charge in [-0.05, 0) is 38.1 Å². The fourth-order valence-corrected chi connectivity index (χ4v) is 2.63. The van der Waals surface area contributed by atoms with E-state index >= 15 is 0 Å². The number of para-hydroxylation sites is 1. The number of allylic oxidation sites excluding steroid dienone is 2. The first-order valence-electron chi connectivity index (χ1n) is 6.57. The fourth-order valence-electron chi connectivity index (χ4n) is 2.13. The van der Waals surface area contributed by atoms with Gasteiger partial charge in [-0.25, -0.2) is 4.79 Å². The molecule has 0 amide bonds. The first-order valence-corrected chi connectivity index (χ1v) is 7.32. The van der Waals surface area contributed by atoms with Gasteiger partial charge in [0, 0.05) is 12.7 Å². The third-order valence-corrected chi connectivity index (χ3v) is 3.94. The van der Waals surface area contributed by atoms with Gasteiger partial charge in [-0.2, -0.15) is 0 Å². The van der Waals surface area contributed by atoms with Crippen LogP contribution < -0.4 is 4.90 Å². The van der Waals surface area contributed by atoms with Crippen molar-refractivity contribution in [2.45, 2.75) is 24.2 Å². The Bertz CT molecular complexity index is 590. The summed E-state index contributed by atoms with van der Waals surface area (Å²) in [7, 11) is 1.84. The average molecular weight is 326 g/mol. The molecule has 0 aromatic heterocycles. The van der Waals surface area contributed by atoms with E-state index in [4.69, 9.17) is 27.9 Å². The van der Waals surface area contributed by atoms with Crippen molar-refractivity contribution in [2.24, 2.45) is 0 Å². The first-order chi connectivity index (χ1) is 9.82. The molecule has 1 aliphatic rings. The number of carbonyl (C=O) groups is 1. The molecule has 1 atom stereocenters. The van der Waals surface area contributed by atoms with Crippen LogP contribution in [0.5, 0.6) is 0 Å². The second-order valence-corrected chi connectivity index (χ2v) is 6.58. The van der Waals surface area contributed by atoms with E-state index in [1.807, 2.05) is 56.1 Å². The van der Waals surface area contributed by atoms with Crippen LogP contribution in [0.15, 0.2) is 53.8 Å². The van der Waals surface area contributed by atoms with Gasteiger partial charge in [0.1, 0.15) is 5.76 Å². The molecule has 1 unspecified atom stereocenters. The minimum absolute atomic E-state index is 0.463. The number of anilines is 1. The van der Waals surface area contributed by atoms with Gasteiger partial charge < -0.3 is 9.64 Å². The van der Waals surface area contributed by atoms with E-state index in [9.17, 15) is 4.79 Å². The lowest BCUT2D eigenvalue weighted by Crippen LogP contribution is -2.51. The maximum atomic E-state index is 12.1. The third kappa shape index (κ3) is 3.42. The van der Waals surface area contributed by atoms with Gasteiger partial charge in [0.15, 0.2) is 0 Å². The number of cyclic esters (lactones) is 1. The van der Waals surface area contributed by atoms with Crippen LogP contribution in [-0.2, 0) is 9.53 Å². The number of alkyl halides is 2. The van der Waals surface area contributed by atoms with Crippen molar-refractivity contribution in [2.75, 3.05) is 11.9 Å². The summed E-state index contributed by atoms with van der Waals surface area (Å²) in [4.78, 5) is 13.9. The Morgan fingerprint density at radius 1 is 1.29 bits per heavy atom. The number of nitrogens with zero attached hydrogens (tertiary/aromatic N) is 1. The molecule has 0 N–H and O–H groups in total. The van der Waals surface area contributed by atoms with E-state index < -0.39 is 16.3 Å². The molecule has 3 nitrogen and oxygen atoms in total. The molecule has 21 heavy (non-hydrogen) atoms. The minimum Gasteiger partial charge on any atom is -0.425 e. The van der Waals surface area contributed by atoms with Gasteiger partial charge in [0.2, 0.25) is 4.33 Å². The van der Waals surface area contributed by atoms with Crippen LogP contribution in [0.25, 0.3) is 0 Å². The normalized spacial score (nSPS) is 20.3. The Labute approximate surface area is 134 Å². The summed E-state index contributed by atoms with van der Waals surface area (Å²) in [5, 5.41) is 0. The van der Waals surface area contributed by atoms with Crippen molar-refractivity contribution in [3.8, 4) is 0 Å². The summed E-state index contributed by atoms with van der Waals surface area (Å²) < 4.78 is 3.53. The number of hydrogen-bond donors (Lipinski definition) is 0. The SMILES string of the molecule is CC(C)=CC1=CC(N(C)c2ccccc2)C(Cl)(Cl)C(=O)O1. The molecule has 0 spiro atoms. The van der Waals surface area contributed by atoms with Crippen LogP contribution >= 0.6 is 23.2 Å². The number of halogens is 2. The maximum Gasteiger partial charge on any atom is 0.350 e. The Hall–Kier alpha value is -1.45. The van der Waals surface area contributed by atoms with E-state index in [0.29, 0.717) is 5.76 Å². The van der Waals surface area contributed by atoms with E-state index in [1.54, 1.807) is 12.2 Å². The summed E-state index contributed by atoms with van der Waals surface area (Å²) in [5.41, 5.74) is 1.93. The fraction of sp³-hybridized carbons (Fsp3) is 0.312. The van der Waals surface area contributed by atoms with Crippen LogP contribution in [-0.4, -0.2) is 23.4 Å². The average Bonchev–Trinajstić information content (AvgIpc) is 2.42. The number of carbonyl (C=O) groups excluding carboxylic acids is 1. The highest BCUT2D eigenvalue weighted by Gasteiger charge is 2.48. The third-order valence-electron chi connectivity index (χ3n) is 3.19. The van der Waals surface area contributed by atoms with Gasteiger partial charge in [-0.3, -0.25) is 0 Å². The summed E-state index contributed by atoms with van der Waals surface area (Å²) in [5.74, 6) is -0.196. The highest BCUT2D eigenvalue weighted by Crippen LogP contribution is 2.37. The van der Waals surface area contributed by atoms with Gasteiger partial charge in [0.05, 0.1) is 6.04 Å². The summed E-state index contributed by atoms with van der Waals surface area (Å²) in [6.45, 7) is 3.85. The lowest BCUT2D eigenvalue weighted by Gasteiger charge is -2.37. The van der Waals surface area contributed by atoms with E-state index in [2.05, 4.69) is 0 Å². The van der Waals surface area contributed by atoms with Crippen molar-refractivity contribution in [3.63, 3.8) is 0 Å². The molecule has 112 valence electrons. The molecule has 0 bridgehead atoms. The molecule has 0 saturated carbocycles. The summed E-state index contributed by atoms with van der Waals surface area (Å²) in [6, 6.07) is 9.09. The van der Waals surface area contributed by atoms with E-state index in [-0.39, 0.29) is 0 Å². The number of esters is 1. The molecule has 0 fully saturated rings. The molecule has 1 aliphatic heterocycles. The molecule has 0 saturated heterocycles. The molecule has 1 aromatic rings. The molecule has 5 heteroatoms. The van der Waals surface area contributed by atoms with Gasteiger partial charge in [-0.1, -0.05) is 47.0 Å². The monoisotopic (exact) mass is 325 g/mol. The number of ether oxygens (including phenoxy) is 1. The highest BCUT2D eigenvalue weighted by atomic mass is 35.5. The van der Waals surface area contributed by atoms with Gasteiger partial charge in [0.25, 0.3) is 0 Å². The lowest BCUT2D eigenvalue weighted by molar-refractivity contribution is -0.141. The van der Waals surface area contributed by atoms with E-state index in [1.165, 1.54) is 0 Å². The number of hydrogen-bond acceptors (Lipinski definition) is 3. The topological polar surface area (TPSA) is 29.5 Å². The zero-order valence-electron chi connectivity index (χ0n) is 12.1. The maximum absolute atomic E-state index is 12.1. The molecule has 1 aromatic carbocycles. The first kappa shape index (κ1) is 15.9. The number of likely N-dealkylation sites (N-methyl/N-ethyl adjacent to an activating group) is 1. The number of rotatable bonds is 3. The van der Waals surface area contributed by atoms with Crippen molar-refractivity contribution < 1.29 is 9.53 Å². The van der Waals surface area contributed by atoms with Crippen LogP contribution in [0.1, 0.15) is 13.8 Å². The molecule has 1 heterocycles. The molecular formula is C16H17Cl2NO2. The van der Waals surface area contributed by atoms with Gasteiger partial charge in [-0.15, -0.1) is 0 Å².